The molecule has 8 heteroatoms. The van der Waals surface area contributed by atoms with E-state index in [1.807, 2.05) is 53.8 Å². The minimum atomic E-state index is -0.0176. The third kappa shape index (κ3) is 5.94. The molecule has 184 valence electrons. The first-order chi connectivity index (χ1) is 16.8. The summed E-state index contributed by atoms with van der Waals surface area (Å²) in [6.07, 6.45) is 3.72. The lowest BCUT2D eigenvalue weighted by atomic mass is 10.1. The number of carbonyl (C=O) groups is 2. The van der Waals surface area contributed by atoms with Gasteiger partial charge < -0.3 is 10.2 Å². The van der Waals surface area contributed by atoms with Crippen LogP contribution in [0, 0.1) is 27.7 Å². The number of piperazine rings is 1. The number of hydrogen-bond donors (Lipinski definition) is 1. The number of imidazole rings is 1. The van der Waals surface area contributed by atoms with Gasteiger partial charge in [0.25, 0.3) is 0 Å². The van der Waals surface area contributed by atoms with Crippen molar-refractivity contribution in [2.45, 2.75) is 32.9 Å². The summed E-state index contributed by atoms with van der Waals surface area (Å²) in [6, 6.07) is 12.2. The lowest BCUT2D eigenvalue weighted by Gasteiger charge is -2.34. The minimum Gasteiger partial charge on any atom is -0.339 e. The molecule has 0 unspecified atom stereocenters. The molecule has 2 aromatic carbocycles. The van der Waals surface area contributed by atoms with Crippen LogP contribution in [-0.4, -0.2) is 69.6 Å². The summed E-state index contributed by atoms with van der Waals surface area (Å²) in [5.41, 5.74) is 6.53. The van der Waals surface area contributed by atoms with Crippen LogP contribution in [0.25, 0.3) is 5.69 Å². The van der Waals surface area contributed by atoms with Crippen LogP contribution in [0.3, 0.4) is 0 Å². The van der Waals surface area contributed by atoms with Crippen molar-refractivity contribution in [1.29, 1.82) is 0 Å². The zero-order chi connectivity index (χ0) is 24.9. The fourth-order valence-electron chi connectivity index (χ4n) is 4.34. The second kappa shape index (κ2) is 11.1. The Labute approximate surface area is 211 Å². The third-order valence-corrected chi connectivity index (χ3v) is 7.56. The molecular weight excluding hydrogens is 458 g/mol. The average molecular weight is 492 g/mol. The number of carbonyl (C=O) groups excluding carboxylic acids is 2. The van der Waals surface area contributed by atoms with E-state index < -0.39 is 0 Å². The van der Waals surface area contributed by atoms with E-state index in [1.165, 1.54) is 22.9 Å². The number of hydrogen-bond acceptors (Lipinski definition) is 5. The van der Waals surface area contributed by atoms with Crippen molar-refractivity contribution in [2.24, 2.45) is 0 Å². The van der Waals surface area contributed by atoms with Gasteiger partial charge in [-0.3, -0.25) is 19.1 Å². The van der Waals surface area contributed by atoms with Crippen LogP contribution < -0.4 is 5.32 Å². The van der Waals surface area contributed by atoms with Gasteiger partial charge in [0.2, 0.25) is 11.8 Å². The summed E-state index contributed by atoms with van der Waals surface area (Å²) in [6.45, 7) is 11.2. The molecule has 2 heterocycles. The molecule has 3 aromatic rings. The van der Waals surface area contributed by atoms with Crippen molar-refractivity contribution in [3.8, 4) is 5.69 Å². The maximum atomic E-state index is 12.9. The second-order valence-electron chi connectivity index (χ2n) is 9.06. The molecule has 0 bridgehead atoms. The summed E-state index contributed by atoms with van der Waals surface area (Å²) in [4.78, 5) is 33.9. The molecule has 1 aliphatic rings. The van der Waals surface area contributed by atoms with Gasteiger partial charge in [0, 0.05) is 44.3 Å². The highest BCUT2D eigenvalue weighted by Crippen LogP contribution is 2.25. The van der Waals surface area contributed by atoms with Crippen LogP contribution in [0.2, 0.25) is 0 Å². The van der Waals surface area contributed by atoms with Gasteiger partial charge in [-0.2, -0.15) is 0 Å². The monoisotopic (exact) mass is 491 g/mol. The number of para-hydroxylation sites is 1. The highest BCUT2D eigenvalue weighted by molar-refractivity contribution is 7.99. The van der Waals surface area contributed by atoms with E-state index in [-0.39, 0.29) is 11.8 Å². The minimum absolute atomic E-state index is 0.0176. The maximum absolute atomic E-state index is 12.9. The Morgan fingerprint density at radius 2 is 1.60 bits per heavy atom. The topological polar surface area (TPSA) is 70.5 Å². The molecule has 0 aliphatic carbocycles. The first-order valence-electron chi connectivity index (χ1n) is 11.9. The number of anilines is 1. The smallest absolute Gasteiger partial charge is 0.238 e. The predicted molar refractivity (Wildman–Crippen MR) is 141 cm³/mol. The van der Waals surface area contributed by atoms with Crippen LogP contribution in [-0.2, 0) is 9.59 Å². The molecule has 0 radical (unpaired) electrons. The van der Waals surface area contributed by atoms with Gasteiger partial charge in [0.15, 0.2) is 5.16 Å². The molecule has 1 aromatic heterocycles. The van der Waals surface area contributed by atoms with Crippen molar-refractivity contribution >= 4 is 29.3 Å². The van der Waals surface area contributed by atoms with E-state index in [2.05, 4.69) is 41.2 Å². The zero-order valence-electron chi connectivity index (χ0n) is 20.9. The Hall–Kier alpha value is -3.10. The van der Waals surface area contributed by atoms with Crippen molar-refractivity contribution < 1.29 is 9.59 Å². The Bertz CT molecular complexity index is 1190. The number of nitrogens with one attached hydrogen (secondary N) is 1. The molecule has 1 saturated heterocycles. The Morgan fingerprint density at radius 1 is 0.943 bits per heavy atom. The Morgan fingerprint density at radius 3 is 2.31 bits per heavy atom. The van der Waals surface area contributed by atoms with Crippen molar-refractivity contribution in [3.05, 3.63) is 71.0 Å². The Kier molecular flexibility index (Phi) is 7.93. The molecule has 1 aliphatic heterocycles. The van der Waals surface area contributed by atoms with Gasteiger partial charge in [-0.1, -0.05) is 42.1 Å². The molecule has 4 rings (SSSR count). The number of aryl methyl sites for hydroxylation is 3. The predicted octanol–water partition coefficient (Wildman–Crippen LogP) is 3.98. The molecule has 1 fully saturated rings. The number of nitrogens with zero attached hydrogens (tertiary/aromatic N) is 4. The van der Waals surface area contributed by atoms with Gasteiger partial charge in [-0.05, 0) is 56.0 Å². The molecule has 0 saturated carbocycles. The van der Waals surface area contributed by atoms with Crippen LogP contribution in [0.5, 0.6) is 0 Å². The van der Waals surface area contributed by atoms with Crippen LogP contribution in [0.4, 0.5) is 5.69 Å². The van der Waals surface area contributed by atoms with E-state index in [0.29, 0.717) is 38.5 Å². The lowest BCUT2D eigenvalue weighted by molar-refractivity contribution is -0.130. The summed E-state index contributed by atoms with van der Waals surface area (Å²) in [5.74, 6) is 0.427. The van der Waals surface area contributed by atoms with E-state index in [0.717, 1.165) is 27.7 Å². The summed E-state index contributed by atoms with van der Waals surface area (Å²) in [7, 11) is 0. The molecule has 35 heavy (non-hydrogen) atoms. The summed E-state index contributed by atoms with van der Waals surface area (Å²) < 4.78 is 2.05. The van der Waals surface area contributed by atoms with Gasteiger partial charge in [-0.15, -0.1) is 0 Å². The highest BCUT2D eigenvalue weighted by atomic mass is 32.2. The van der Waals surface area contributed by atoms with Gasteiger partial charge in [0.1, 0.15) is 0 Å². The summed E-state index contributed by atoms with van der Waals surface area (Å²) >= 11 is 1.46. The first-order valence-corrected chi connectivity index (χ1v) is 12.9. The van der Waals surface area contributed by atoms with E-state index in [9.17, 15) is 9.59 Å². The quantitative estimate of drug-likeness (QED) is 0.506. The molecule has 0 spiro atoms. The molecule has 0 atom stereocenters. The van der Waals surface area contributed by atoms with Gasteiger partial charge in [0.05, 0.1) is 18.0 Å². The summed E-state index contributed by atoms with van der Waals surface area (Å²) in [5, 5.41) is 3.86. The second-order valence-corrected chi connectivity index (χ2v) is 10.0. The molecular formula is C27H33N5O2S. The number of thioether (sulfide) groups is 1. The van der Waals surface area contributed by atoms with Crippen molar-refractivity contribution in [3.63, 3.8) is 0 Å². The molecule has 7 nitrogen and oxygen atoms in total. The van der Waals surface area contributed by atoms with Crippen molar-refractivity contribution in [2.75, 3.05) is 43.8 Å². The van der Waals surface area contributed by atoms with E-state index in [4.69, 9.17) is 0 Å². The fourth-order valence-corrected chi connectivity index (χ4v) is 5.21. The maximum Gasteiger partial charge on any atom is 0.238 e. The lowest BCUT2D eigenvalue weighted by Crippen LogP contribution is -2.51. The molecule has 1 N–H and O–H groups in total. The van der Waals surface area contributed by atoms with E-state index >= 15 is 0 Å². The van der Waals surface area contributed by atoms with Crippen LogP contribution >= 0.6 is 11.8 Å². The number of benzene rings is 2. The third-order valence-electron chi connectivity index (χ3n) is 6.60. The number of rotatable bonds is 7. The number of aromatic nitrogens is 2. The number of amides is 2. The van der Waals surface area contributed by atoms with Crippen LogP contribution in [0.1, 0.15) is 22.3 Å². The fraction of sp³-hybridized carbons (Fsp3) is 0.370. The highest BCUT2D eigenvalue weighted by Gasteiger charge is 2.23. The van der Waals surface area contributed by atoms with Gasteiger partial charge >= 0.3 is 0 Å². The van der Waals surface area contributed by atoms with E-state index in [1.54, 1.807) is 6.20 Å². The molecule has 2 amide bonds. The Balaban J connectivity index is 1.26. The zero-order valence-corrected chi connectivity index (χ0v) is 21.7. The average Bonchev–Trinajstić information content (AvgIpc) is 3.30. The first kappa shape index (κ1) is 25.0. The van der Waals surface area contributed by atoms with Gasteiger partial charge in [-0.25, -0.2) is 4.98 Å². The van der Waals surface area contributed by atoms with Crippen molar-refractivity contribution in [1.82, 2.24) is 19.4 Å². The van der Waals surface area contributed by atoms with Crippen LogP contribution in [0.15, 0.2) is 53.9 Å². The largest absolute Gasteiger partial charge is 0.339 e. The normalized spacial score (nSPS) is 14.2. The SMILES string of the molecule is Cc1cccc(-n2ccnc2SCC(=O)N2CCN(CC(=O)Nc3c(C)cccc3C)CC2)c1C. The standard InChI is InChI=1S/C27H33N5O2S/c1-19-7-6-10-23(22(19)4)32-12-11-28-27(32)35-18-25(34)31-15-13-30(14-16-31)17-24(33)29-26-20(2)8-5-9-21(26)3/h5-12H,13-18H2,1-4H3,(H,29,33).